The zero-order valence-corrected chi connectivity index (χ0v) is 12.3. The number of carbonyl (C=O) groups is 1. The van der Waals surface area contributed by atoms with E-state index in [1.807, 2.05) is 24.3 Å². The molecule has 1 aliphatic carbocycles. The number of hydrogen-bond donors (Lipinski definition) is 3. The summed E-state index contributed by atoms with van der Waals surface area (Å²) < 4.78 is 5.47. The molecule has 0 radical (unpaired) electrons. The Kier molecular flexibility index (Phi) is 6.02. The first-order chi connectivity index (χ1) is 10.3. The molecule has 5 heteroatoms. The Morgan fingerprint density at radius 1 is 1.38 bits per heavy atom. The maximum Gasteiger partial charge on any atom is 0.223 e. The van der Waals surface area contributed by atoms with Crippen molar-refractivity contribution in [3.8, 4) is 5.75 Å². The summed E-state index contributed by atoms with van der Waals surface area (Å²) in [5.41, 5.74) is 6.64. The molecule has 1 aromatic rings. The fourth-order valence-electron chi connectivity index (χ4n) is 2.92. The number of aliphatic hydroxyl groups is 1. The highest BCUT2D eigenvalue weighted by Gasteiger charge is 2.31. The highest BCUT2D eigenvalue weighted by Crippen LogP contribution is 2.31. The predicted octanol–water partition coefficient (Wildman–Crippen LogP) is 1.05. The van der Waals surface area contributed by atoms with Crippen LogP contribution >= 0.6 is 0 Å². The summed E-state index contributed by atoms with van der Waals surface area (Å²) in [7, 11) is 0. The zero-order chi connectivity index (χ0) is 15.1. The van der Waals surface area contributed by atoms with Crippen LogP contribution in [0.5, 0.6) is 5.75 Å². The summed E-state index contributed by atoms with van der Waals surface area (Å²) in [6.07, 6.45) is 3.05. The lowest BCUT2D eigenvalue weighted by atomic mass is 9.95. The van der Waals surface area contributed by atoms with Gasteiger partial charge in [-0.1, -0.05) is 24.6 Å². The van der Waals surface area contributed by atoms with E-state index >= 15 is 0 Å². The molecular formula is C16H24N2O3. The molecule has 116 valence electrons. The van der Waals surface area contributed by atoms with E-state index < -0.39 is 0 Å². The molecule has 21 heavy (non-hydrogen) atoms. The van der Waals surface area contributed by atoms with Crippen molar-refractivity contribution in [3.63, 3.8) is 0 Å². The molecule has 1 saturated carbocycles. The Hall–Kier alpha value is -1.59. The number of hydrogen-bond acceptors (Lipinski definition) is 4. The fraction of sp³-hybridized carbons (Fsp3) is 0.562. The van der Waals surface area contributed by atoms with E-state index in [-0.39, 0.29) is 25.0 Å². The first-order valence-electron chi connectivity index (χ1n) is 7.55. The van der Waals surface area contributed by atoms with E-state index in [1.165, 1.54) is 0 Å². The van der Waals surface area contributed by atoms with Gasteiger partial charge in [-0.05, 0) is 31.4 Å². The summed E-state index contributed by atoms with van der Waals surface area (Å²) in [4.78, 5) is 12.3. The second-order valence-corrected chi connectivity index (χ2v) is 5.43. The van der Waals surface area contributed by atoms with E-state index in [1.54, 1.807) is 0 Å². The lowest BCUT2D eigenvalue weighted by Gasteiger charge is -2.18. The number of nitrogens with one attached hydrogen (secondary N) is 1. The number of nitrogens with two attached hydrogens (primary N) is 1. The van der Waals surface area contributed by atoms with Gasteiger partial charge in [0.05, 0.1) is 6.61 Å². The molecule has 5 nitrogen and oxygen atoms in total. The highest BCUT2D eigenvalue weighted by molar-refractivity contribution is 5.79. The lowest BCUT2D eigenvalue weighted by molar-refractivity contribution is -0.126. The van der Waals surface area contributed by atoms with Crippen molar-refractivity contribution in [2.24, 2.45) is 17.6 Å². The monoisotopic (exact) mass is 292 g/mol. The molecular weight excluding hydrogens is 268 g/mol. The Morgan fingerprint density at radius 3 is 2.95 bits per heavy atom. The molecule has 2 atom stereocenters. The van der Waals surface area contributed by atoms with Crippen molar-refractivity contribution in [1.82, 2.24) is 5.32 Å². The number of aliphatic hydroxyl groups excluding tert-OH is 1. The van der Waals surface area contributed by atoms with Gasteiger partial charge < -0.3 is 20.9 Å². The van der Waals surface area contributed by atoms with Crippen molar-refractivity contribution in [1.29, 1.82) is 0 Å². The molecule has 2 rings (SSSR count). The van der Waals surface area contributed by atoms with Crippen LogP contribution in [-0.2, 0) is 11.3 Å². The minimum absolute atomic E-state index is 0.0268. The highest BCUT2D eigenvalue weighted by atomic mass is 16.5. The summed E-state index contributed by atoms with van der Waals surface area (Å²) in [6, 6.07) is 7.54. The van der Waals surface area contributed by atoms with Crippen LogP contribution in [-0.4, -0.2) is 30.8 Å². The third-order valence-corrected chi connectivity index (χ3v) is 4.07. The normalized spacial score (nSPS) is 21.2. The van der Waals surface area contributed by atoms with Gasteiger partial charge in [0.25, 0.3) is 0 Å². The van der Waals surface area contributed by atoms with Gasteiger partial charge in [0.15, 0.2) is 0 Å². The SMILES string of the molecule is NC[C@H]1CCC[C@H]1C(=O)NCc1ccccc1OCCO. The number of carbonyl (C=O) groups excluding carboxylic acids is 1. The van der Waals surface area contributed by atoms with Gasteiger partial charge >= 0.3 is 0 Å². The van der Waals surface area contributed by atoms with Gasteiger partial charge in [0.1, 0.15) is 12.4 Å². The van der Waals surface area contributed by atoms with E-state index in [2.05, 4.69) is 5.32 Å². The molecule has 0 unspecified atom stereocenters. The Bertz CT molecular complexity index is 465. The molecule has 0 saturated heterocycles. The largest absolute Gasteiger partial charge is 0.491 e. The molecule has 0 bridgehead atoms. The first-order valence-corrected chi connectivity index (χ1v) is 7.55. The Labute approximate surface area is 125 Å². The number of benzene rings is 1. The van der Waals surface area contributed by atoms with Gasteiger partial charge in [0, 0.05) is 18.0 Å². The number of rotatable bonds is 7. The van der Waals surface area contributed by atoms with Crippen molar-refractivity contribution in [2.45, 2.75) is 25.8 Å². The molecule has 0 spiro atoms. The summed E-state index contributed by atoms with van der Waals surface area (Å²) in [5.74, 6) is 1.14. The molecule has 1 aromatic carbocycles. The smallest absolute Gasteiger partial charge is 0.223 e. The summed E-state index contributed by atoms with van der Waals surface area (Å²) >= 11 is 0. The second kappa shape index (κ2) is 8.00. The van der Waals surface area contributed by atoms with Crippen molar-refractivity contribution < 1.29 is 14.6 Å². The van der Waals surface area contributed by atoms with Gasteiger partial charge in [-0.25, -0.2) is 0 Å². The number of amides is 1. The summed E-state index contributed by atoms with van der Waals surface area (Å²) in [6.45, 7) is 1.24. The van der Waals surface area contributed by atoms with E-state index in [4.69, 9.17) is 15.6 Å². The summed E-state index contributed by atoms with van der Waals surface area (Å²) in [5, 5.41) is 11.8. The maximum atomic E-state index is 12.3. The third kappa shape index (κ3) is 4.19. The van der Waals surface area contributed by atoms with E-state index in [9.17, 15) is 4.79 Å². The van der Waals surface area contributed by atoms with Crippen LogP contribution in [0, 0.1) is 11.8 Å². The molecule has 0 aliphatic heterocycles. The van der Waals surface area contributed by atoms with Crippen LogP contribution in [0.4, 0.5) is 0 Å². The van der Waals surface area contributed by atoms with Crippen LogP contribution in [0.1, 0.15) is 24.8 Å². The van der Waals surface area contributed by atoms with Crippen molar-refractivity contribution >= 4 is 5.91 Å². The minimum atomic E-state index is -0.0268. The maximum absolute atomic E-state index is 12.3. The molecule has 0 aromatic heterocycles. The number of para-hydroxylation sites is 1. The third-order valence-electron chi connectivity index (χ3n) is 4.07. The standard InChI is InChI=1S/C16H24N2O3/c17-10-12-5-3-6-14(12)16(20)18-11-13-4-1-2-7-15(13)21-9-8-19/h1-2,4,7,12,14,19H,3,5-6,8-11,17H2,(H,18,20)/t12-,14-/m1/s1. The van der Waals surface area contributed by atoms with Crippen LogP contribution in [0.2, 0.25) is 0 Å². The average molecular weight is 292 g/mol. The lowest BCUT2D eigenvalue weighted by Crippen LogP contribution is -2.34. The van der Waals surface area contributed by atoms with Crippen LogP contribution in [0.15, 0.2) is 24.3 Å². The van der Waals surface area contributed by atoms with Gasteiger partial charge in [-0.15, -0.1) is 0 Å². The van der Waals surface area contributed by atoms with Crippen LogP contribution < -0.4 is 15.8 Å². The predicted molar refractivity (Wildman–Crippen MR) is 80.8 cm³/mol. The van der Waals surface area contributed by atoms with Gasteiger partial charge in [-0.2, -0.15) is 0 Å². The minimum Gasteiger partial charge on any atom is -0.491 e. The van der Waals surface area contributed by atoms with Gasteiger partial charge in [0.2, 0.25) is 5.91 Å². The van der Waals surface area contributed by atoms with Gasteiger partial charge in [-0.3, -0.25) is 4.79 Å². The Balaban J connectivity index is 1.92. The fourth-order valence-corrected chi connectivity index (χ4v) is 2.92. The second-order valence-electron chi connectivity index (χ2n) is 5.43. The molecule has 0 heterocycles. The molecule has 4 N–H and O–H groups in total. The zero-order valence-electron chi connectivity index (χ0n) is 12.3. The number of ether oxygens (including phenoxy) is 1. The van der Waals surface area contributed by atoms with E-state index in [0.717, 1.165) is 24.8 Å². The Morgan fingerprint density at radius 2 is 2.19 bits per heavy atom. The quantitative estimate of drug-likeness (QED) is 0.701. The van der Waals surface area contributed by atoms with Crippen molar-refractivity contribution in [2.75, 3.05) is 19.8 Å². The molecule has 1 aliphatic rings. The first kappa shape index (κ1) is 15.8. The van der Waals surface area contributed by atoms with Crippen LogP contribution in [0.25, 0.3) is 0 Å². The van der Waals surface area contributed by atoms with Crippen molar-refractivity contribution in [3.05, 3.63) is 29.8 Å². The van der Waals surface area contributed by atoms with Crippen LogP contribution in [0.3, 0.4) is 0 Å². The topological polar surface area (TPSA) is 84.6 Å². The molecule has 1 amide bonds. The average Bonchev–Trinajstić information content (AvgIpc) is 3.00. The molecule has 1 fully saturated rings. The van der Waals surface area contributed by atoms with E-state index in [0.29, 0.717) is 24.8 Å².